The molecule has 3 aromatic rings. The lowest BCUT2D eigenvalue weighted by atomic mass is 9.97. The first-order valence-corrected chi connectivity index (χ1v) is 6.72. The van der Waals surface area contributed by atoms with Gasteiger partial charge in [-0.05, 0) is 29.1 Å². The summed E-state index contributed by atoms with van der Waals surface area (Å²) in [5, 5.41) is 1.37. The van der Waals surface area contributed by atoms with Gasteiger partial charge in [0, 0.05) is 10.9 Å². The maximum Gasteiger partial charge on any atom is 0.339 e. The van der Waals surface area contributed by atoms with Gasteiger partial charge in [0.15, 0.2) is 6.10 Å². The van der Waals surface area contributed by atoms with E-state index < -0.39 is 6.10 Å². The Kier molecular flexibility index (Phi) is 2.54. The predicted molar refractivity (Wildman–Crippen MR) is 77.6 cm³/mol. The molecule has 0 amide bonds. The molecule has 102 valence electrons. The van der Waals surface area contributed by atoms with Gasteiger partial charge in [-0.1, -0.05) is 42.5 Å². The fourth-order valence-electron chi connectivity index (χ4n) is 2.81. The first-order chi connectivity index (χ1) is 10.2. The number of carbonyl (C=O) groups excluding carboxylic acids is 1. The number of benzene rings is 3. The second-order valence-electron chi connectivity index (χ2n) is 5.09. The third-order valence-electron chi connectivity index (χ3n) is 3.84. The smallest absolute Gasteiger partial charge is 0.339 e. The van der Waals surface area contributed by atoms with Crippen LogP contribution in [0.4, 0.5) is 4.39 Å². The van der Waals surface area contributed by atoms with Crippen LogP contribution in [0.3, 0.4) is 0 Å². The number of esters is 1. The standard InChI is InChI=1S/C18H11FO2/c19-16-7-3-4-11-8-9-12(10-15(11)16)17-13-5-1-2-6-14(13)18(20)21-17/h1-10,17H. The fraction of sp³-hybridized carbons (Fsp3) is 0.0556. The zero-order chi connectivity index (χ0) is 14.4. The number of rotatable bonds is 1. The summed E-state index contributed by atoms with van der Waals surface area (Å²) >= 11 is 0. The molecule has 1 aliphatic rings. The van der Waals surface area contributed by atoms with Crippen molar-refractivity contribution in [2.45, 2.75) is 6.10 Å². The lowest BCUT2D eigenvalue weighted by Crippen LogP contribution is -2.00. The van der Waals surface area contributed by atoms with Gasteiger partial charge in [0.2, 0.25) is 0 Å². The number of hydrogen-bond donors (Lipinski definition) is 0. The molecule has 1 unspecified atom stereocenters. The van der Waals surface area contributed by atoms with Gasteiger partial charge in [-0.25, -0.2) is 9.18 Å². The zero-order valence-electron chi connectivity index (χ0n) is 11.0. The van der Waals surface area contributed by atoms with E-state index in [4.69, 9.17) is 4.74 Å². The number of fused-ring (bicyclic) bond motifs is 2. The van der Waals surface area contributed by atoms with E-state index in [9.17, 15) is 9.18 Å². The third kappa shape index (κ3) is 1.82. The van der Waals surface area contributed by atoms with E-state index >= 15 is 0 Å². The summed E-state index contributed by atoms with van der Waals surface area (Å²) < 4.78 is 19.4. The molecule has 0 radical (unpaired) electrons. The molecule has 2 nitrogen and oxygen atoms in total. The van der Waals surface area contributed by atoms with Crippen molar-refractivity contribution < 1.29 is 13.9 Å². The molecule has 3 heteroatoms. The third-order valence-corrected chi connectivity index (χ3v) is 3.84. The molecule has 0 saturated heterocycles. The van der Waals surface area contributed by atoms with Crippen molar-refractivity contribution in [2.75, 3.05) is 0 Å². The Morgan fingerprint density at radius 1 is 0.952 bits per heavy atom. The van der Waals surface area contributed by atoms with E-state index in [0.29, 0.717) is 10.9 Å². The Morgan fingerprint density at radius 3 is 2.71 bits per heavy atom. The van der Waals surface area contributed by atoms with Crippen LogP contribution in [0.1, 0.15) is 27.6 Å². The van der Waals surface area contributed by atoms with Crippen molar-refractivity contribution in [1.29, 1.82) is 0 Å². The maximum atomic E-state index is 13.9. The summed E-state index contributed by atoms with van der Waals surface area (Å²) in [5.41, 5.74) is 2.19. The highest BCUT2D eigenvalue weighted by Gasteiger charge is 2.31. The number of ether oxygens (including phenoxy) is 1. The quantitative estimate of drug-likeness (QED) is 0.622. The van der Waals surface area contributed by atoms with E-state index in [0.717, 1.165) is 16.5 Å². The number of hydrogen-bond acceptors (Lipinski definition) is 2. The van der Waals surface area contributed by atoms with Crippen molar-refractivity contribution in [1.82, 2.24) is 0 Å². The van der Waals surface area contributed by atoms with E-state index in [2.05, 4.69) is 0 Å². The van der Waals surface area contributed by atoms with Crippen LogP contribution in [0, 0.1) is 5.82 Å². The minimum Gasteiger partial charge on any atom is -0.449 e. The zero-order valence-corrected chi connectivity index (χ0v) is 11.0. The van der Waals surface area contributed by atoms with Crippen LogP contribution >= 0.6 is 0 Å². The fourth-order valence-corrected chi connectivity index (χ4v) is 2.81. The average Bonchev–Trinajstić information content (AvgIpc) is 2.85. The van der Waals surface area contributed by atoms with E-state index in [1.54, 1.807) is 18.2 Å². The Bertz CT molecular complexity index is 870. The van der Waals surface area contributed by atoms with Gasteiger partial charge in [0.05, 0.1) is 5.56 Å². The van der Waals surface area contributed by atoms with Crippen molar-refractivity contribution in [3.05, 3.63) is 83.2 Å². The lowest BCUT2D eigenvalue weighted by Gasteiger charge is -2.12. The normalized spacial score (nSPS) is 16.8. The molecule has 0 bridgehead atoms. The molecule has 0 fully saturated rings. The second-order valence-corrected chi connectivity index (χ2v) is 5.09. The predicted octanol–water partition coefficient (Wildman–Crippen LogP) is 4.24. The highest BCUT2D eigenvalue weighted by molar-refractivity contribution is 5.94. The minimum atomic E-state index is -0.460. The van der Waals surface area contributed by atoms with Crippen LogP contribution in [0.25, 0.3) is 10.8 Å². The van der Waals surface area contributed by atoms with Gasteiger partial charge < -0.3 is 4.74 Å². The maximum absolute atomic E-state index is 13.9. The highest BCUT2D eigenvalue weighted by Crippen LogP contribution is 2.36. The molecule has 3 aromatic carbocycles. The van der Waals surface area contributed by atoms with Gasteiger partial charge >= 0.3 is 5.97 Å². The van der Waals surface area contributed by atoms with Crippen molar-refractivity contribution in [2.24, 2.45) is 0 Å². The van der Waals surface area contributed by atoms with E-state index in [1.165, 1.54) is 6.07 Å². The molecular weight excluding hydrogens is 267 g/mol. The summed E-state index contributed by atoms with van der Waals surface area (Å²) in [6, 6.07) is 17.8. The van der Waals surface area contributed by atoms with Crippen molar-refractivity contribution in [3.8, 4) is 0 Å². The van der Waals surface area contributed by atoms with Crippen LogP contribution in [0.15, 0.2) is 60.7 Å². The van der Waals surface area contributed by atoms with Crippen molar-refractivity contribution in [3.63, 3.8) is 0 Å². The molecule has 1 aliphatic heterocycles. The molecule has 4 rings (SSSR count). The summed E-state index contributed by atoms with van der Waals surface area (Å²) in [4.78, 5) is 11.9. The van der Waals surface area contributed by atoms with Crippen molar-refractivity contribution >= 4 is 16.7 Å². The molecule has 1 heterocycles. The van der Waals surface area contributed by atoms with Crippen LogP contribution in [-0.4, -0.2) is 5.97 Å². The van der Waals surface area contributed by atoms with E-state index in [-0.39, 0.29) is 11.8 Å². The molecule has 0 aliphatic carbocycles. The first-order valence-electron chi connectivity index (χ1n) is 6.72. The summed E-state index contributed by atoms with van der Waals surface area (Å²) in [7, 11) is 0. The SMILES string of the molecule is O=C1OC(c2ccc3cccc(F)c3c2)c2ccccc21. The molecule has 0 N–H and O–H groups in total. The summed E-state index contributed by atoms with van der Waals surface area (Å²) in [6.45, 7) is 0. The number of carbonyl (C=O) groups is 1. The Hall–Kier alpha value is -2.68. The highest BCUT2D eigenvalue weighted by atomic mass is 19.1. The number of halogens is 1. The monoisotopic (exact) mass is 278 g/mol. The molecule has 21 heavy (non-hydrogen) atoms. The lowest BCUT2D eigenvalue weighted by molar-refractivity contribution is 0.0456. The Morgan fingerprint density at radius 2 is 1.81 bits per heavy atom. The van der Waals surface area contributed by atoms with Gasteiger partial charge in [-0.15, -0.1) is 0 Å². The van der Waals surface area contributed by atoms with Gasteiger partial charge in [-0.2, -0.15) is 0 Å². The van der Waals surface area contributed by atoms with Gasteiger partial charge in [0.25, 0.3) is 0 Å². The molecular formula is C18H11FO2. The van der Waals surface area contributed by atoms with Crippen LogP contribution < -0.4 is 0 Å². The second kappa shape index (κ2) is 4.42. The Balaban J connectivity index is 1.88. The average molecular weight is 278 g/mol. The molecule has 0 aromatic heterocycles. The van der Waals surface area contributed by atoms with Crippen LogP contribution in [0.5, 0.6) is 0 Å². The van der Waals surface area contributed by atoms with Gasteiger partial charge in [-0.3, -0.25) is 0 Å². The first kappa shape index (κ1) is 12.1. The van der Waals surface area contributed by atoms with Gasteiger partial charge in [0.1, 0.15) is 5.82 Å². The van der Waals surface area contributed by atoms with Crippen LogP contribution in [0.2, 0.25) is 0 Å². The van der Waals surface area contributed by atoms with Crippen LogP contribution in [-0.2, 0) is 4.74 Å². The molecule has 0 saturated carbocycles. The Labute approximate surface area is 120 Å². The summed E-state index contributed by atoms with van der Waals surface area (Å²) in [5.74, 6) is -0.601. The molecule has 0 spiro atoms. The minimum absolute atomic E-state index is 0.271. The summed E-state index contributed by atoms with van der Waals surface area (Å²) in [6.07, 6.45) is -0.460. The van der Waals surface area contributed by atoms with E-state index in [1.807, 2.05) is 36.4 Å². The largest absolute Gasteiger partial charge is 0.449 e. The topological polar surface area (TPSA) is 26.3 Å². The number of cyclic esters (lactones) is 1. The molecule has 1 atom stereocenters.